The minimum atomic E-state index is -0.917. The van der Waals surface area contributed by atoms with Crippen LogP contribution in [0, 0.1) is 11.3 Å². The van der Waals surface area contributed by atoms with Gasteiger partial charge in [0.1, 0.15) is 6.04 Å². The maximum atomic E-state index is 12.1. The Morgan fingerprint density at radius 2 is 2.06 bits per heavy atom. The number of nitrogens with one attached hydrogen (secondary N) is 1. The molecule has 1 atom stereocenters. The standard InChI is InChI=1S/C13H24N2O3/c1-9(2)8-14-12(18)15-7-5-6-13(3,4)10(15)11(16)17/h9-10H,5-8H2,1-4H3,(H,14,18)(H,16,17). The van der Waals surface area contributed by atoms with Crippen LogP contribution in [0.2, 0.25) is 0 Å². The number of nitrogens with zero attached hydrogens (tertiary/aromatic N) is 1. The molecule has 1 saturated heterocycles. The van der Waals surface area contributed by atoms with Crippen LogP contribution in [0.5, 0.6) is 0 Å². The zero-order valence-corrected chi connectivity index (χ0v) is 11.7. The Balaban J connectivity index is 2.78. The molecule has 2 N–H and O–H groups in total. The molecule has 2 amide bonds. The fourth-order valence-corrected chi connectivity index (χ4v) is 2.47. The van der Waals surface area contributed by atoms with E-state index >= 15 is 0 Å². The first kappa shape index (κ1) is 14.8. The number of rotatable bonds is 3. The second-order valence-electron chi connectivity index (χ2n) is 6.11. The zero-order valence-electron chi connectivity index (χ0n) is 11.7. The summed E-state index contributed by atoms with van der Waals surface area (Å²) in [4.78, 5) is 24.9. The molecular weight excluding hydrogens is 232 g/mol. The Bertz CT molecular complexity index is 326. The van der Waals surface area contributed by atoms with Gasteiger partial charge in [-0.05, 0) is 24.2 Å². The van der Waals surface area contributed by atoms with Crippen LogP contribution in [-0.4, -0.2) is 41.1 Å². The highest BCUT2D eigenvalue weighted by Crippen LogP contribution is 2.35. The molecule has 0 bridgehead atoms. The number of carbonyl (C=O) groups is 2. The van der Waals surface area contributed by atoms with Crippen molar-refractivity contribution >= 4 is 12.0 Å². The number of aliphatic carboxylic acids is 1. The van der Waals surface area contributed by atoms with Gasteiger partial charge in [-0.15, -0.1) is 0 Å². The lowest BCUT2D eigenvalue weighted by atomic mass is 9.76. The van der Waals surface area contributed by atoms with Gasteiger partial charge in [-0.25, -0.2) is 9.59 Å². The normalized spacial score (nSPS) is 22.9. The highest BCUT2D eigenvalue weighted by atomic mass is 16.4. The monoisotopic (exact) mass is 256 g/mol. The number of carboxylic acid groups (broad SMARTS) is 1. The molecule has 0 saturated carbocycles. The average molecular weight is 256 g/mol. The highest BCUT2D eigenvalue weighted by molar-refractivity contribution is 5.83. The molecule has 1 aliphatic rings. The van der Waals surface area contributed by atoms with E-state index in [1.807, 2.05) is 27.7 Å². The summed E-state index contributed by atoms with van der Waals surface area (Å²) in [6, 6.07) is -0.998. The van der Waals surface area contributed by atoms with Crippen molar-refractivity contribution in [2.24, 2.45) is 11.3 Å². The van der Waals surface area contributed by atoms with Crippen LogP contribution in [0.25, 0.3) is 0 Å². The molecule has 1 heterocycles. The summed E-state index contributed by atoms with van der Waals surface area (Å²) in [5.74, 6) is -0.561. The zero-order chi connectivity index (χ0) is 13.9. The number of carbonyl (C=O) groups excluding carboxylic acids is 1. The molecule has 0 aliphatic carbocycles. The number of amides is 2. The molecule has 5 heteroatoms. The van der Waals surface area contributed by atoms with Crippen molar-refractivity contribution in [3.8, 4) is 0 Å². The lowest BCUT2D eigenvalue weighted by molar-refractivity contribution is -0.148. The van der Waals surface area contributed by atoms with E-state index in [1.165, 1.54) is 4.90 Å². The Morgan fingerprint density at radius 1 is 1.44 bits per heavy atom. The van der Waals surface area contributed by atoms with Crippen molar-refractivity contribution in [1.82, 2.24) is 10.2 Å². The molecule has 18 heavy (non-hydrogen) atoms. The van der Waals surface area contributed by atoms with Gasteiger partial charge in [-0.3, -0.25) is 0 Å². The fraction of sp³-hybridized carbons (Fsp3) is 0.846. The summed E-state index contributed by atoms with van der Waals surface area (Å²) in [5.41, 5.74) is -0.376. The Kier molecular flexibility index (Phi) is 4.59. The minimum absolute atomic E-state index is 0.260. The van der Waals surface area contributed by atoms with Crippen LogP contribution < -0.4 is 5.32 Å². The predicted octanol–water partition coefficient (Wildman–Crippen LogP) is 1.93. The summed E-state index contributed by atoms with van der Waals surface area (Å²) in [7, 11) is 0. The van der Waals surface area contributed by atoms with Gasteiger partial charge in [0, 0.05) is 13.1 Å². The van der Waals surface area contributed by atoms with E-state index in [1.54, 1.807) is 0 Å². The smallest absolute Gasteiger partial charge is 0.327 e. The van der Waals surface area contributed by atoms with Crippen molar-refractivity contribution in [3.63, 3.8) is 0 Å². The topological polar surface area (TPSA) is 69.6 Å². The SMILES string of the molecule is CC(C)CNC(=O)N1CCCC(C)(C)C1C(=O)O. The summed E-state index contributed by atoms with van der Waals surface area (Å²) in [6.45, 7) is 8.93. The van der Waals surface area contributed by atoms with Crippen LogP contribution in [0.1, 0.15) is 40.5 Å². The van der Waals surface area contributed by atoms with Crippen molar-refractivity contribution in [3.05, 3.63) is 0 Å². The van der Waals surface area contributed by atoms with Crippen molar-refractivity contribution in [2.75, 3.05) is 13.1 Å². The number of hydrogen-bond acceptors (Lipinski definition) is 2. The molecular formula is C13H24N2O3. The summed E-state index contributed by atoms with van der Waals surface area (Å²) < 4.78 is 0. The third kappa shape index (κ3) is 3.37. The van der Waals surface area contributed by atoms with E-state index in [-0.39, 0.29) is 11.4 Å². The Labute approximate surface area is 109 Å². The summed E-state index contributed by atoms with van der Waals surface area (Å²) >= 11 is 0. The number of likely N-dealkylation sites (tertiary alicyclic amines) is 1. The maximum Gasteiger partial charge on any atom is 0.327 e. The van der Waals surface area contributed by atoms with Crippen LogP contribution >= 0.6 is 0 Å². The second-order valence-corrected chi connectivity index (χ2v) is 6.11. The van der Waals surface area contributed by atoms with E-state index in [0.29, 0.717) is 19.0 Å². The number of urea groups is 1. The largest absolute Gasteiger partial charge is 0.480 e. The molecule has 0 aromatic rings. The van der Waals surface area contributed by atoms with E-state index < -0.39 is 12.0 Å². The second kappa shape index (κ2) is 5.59. The van der Waals surface area contributed by atoms with Gasteiger partial charge in [0.15, 0.2) is 0 Å². The van der Waals surface area contributed by atoms with Gasteiger partial charge in [-0.1, -0.05) is 27.7 Å². The molecule has 1 rings (SSSR count). The first-order valence-corrected chi connectivity index (χ1v) is 6.53. The lowest BCUT2D eigenvalue weighted by Crippen LogP contribution is -2.58. The highest BCUT2D eigenvalue weighted by Gasteiger charge is 2.44. The molecule has 104 valence electrons. The van der Waals surface area contributed by atoms with Gasteiger partial charge in [0.2, 0.25) is 0 Å². The molecule has 1 aliphatic heterocycles. The van der Waals surface area contributed by atoms with E-state index in [2.05, 4.69) is 5.32 Å². The first-order valence-electron chi connectivity index (χ1n) is 6.53. The van der Waals surface area contributed by atoms with Gasteiger partial charge < -0.3 is 15.3 Å². The van der Waals surface area contributed by atoms with Crippen molar-refractivity contribution in [2.45, 2.75) is 46.6 Å². The minimum Gasteiger partial charge on any atom is -0.480 e. The van der Waals surface area contributed by atoms with Crippen LogP contribution in [0.3, 0.4) is 0 Å². The van der Waals surface area contributed by atoms with E-state index in [4.69, 9.17) is 0 Å². The molecule has 1 unspecified atom stereocenters. The van der Waals surface area contributed by atoms with Crippen molar-refractivity contribution in [1.29, 1.82) is 0 Å². The number of hydrogen-bond donors (Lipinski definition) is 2. The van der Waals surface area contributed by atoms with Gasteiger partial charge in [0.05, 0.1) is 0 Å². The number of carboxylic acids is 1. The third-order valence-electron chi connectivity index (χ3n) is 3.43. The van der Waals surface area contributed by atoms with Crippen LogP contribution in [0.15, 0.2) is 0 Å². The first-order chi connectivity index (χ1) is 8.25. The summed E-state index contributed by atoms with van der Waals surface area (Å²) in [5, 5.41) is 12.1. The quantitative estimate of drug-likeness (QED) is 0.810. The molecule has 5 nitrogen and oxygen atoms in total. The molecule has 0 aromatic carbocycles. The third-order valence-corrected chi connectivity index (χ3v) is 3.43. The molecule has 0 spiro atoms. The fourth-order valence-electron chi connectivity index (χ4n) is 2.47. The maximum absolute atomic E-state index is 12.1. The average Bonchev–Trinajstić information content (AvgIpc) is 2.23. The number of piperidine rings is 1. The summed E-state index contributed by atoms with van der Waals surface area (Å²) in [6.07, 6.45) is 1.68. The molecule has 0 aromatic heterocycles. The van der Waals surface area contributed by atoms with Crippen LogP contribution in [-0.2, 0) is 4.79 Å². The van der Waals surface area contributed by atoms with Gasteiger partial charge in [-0.2, -0.15) is 0 Å². The van der Waals surface area contributed by atoms with E-state index in [9.17, 15) is 14.7 Å². The van der Waals surface area contributed by atoms with Gasteiger partial charge in [0.25, 0.3) is 0 Å². The lowest BCUT2D eigenvalue weighted by Gasteiger charge is -2.43. The predicted molar refractivity (Wildman–Crippen MR) is 69.4 cm³/mol. The van der Waals surface area contributed by atoms with Gasteiger partial charge >= 0.3 is 12.0 Å². The van der Waals surface area contributed by atoms with Crippen molar-refractivity contribution < 1.29 is 14.7 Å². The Hall–Kier alpha value is -1.26. The molecule has 0 radical (unpaired) electrons. The van der Waals surface area contributed by atoms with E-state index in [0.717, 1.165) is 12.8 Å². The Morgan fingerprint density at radius 3 is 2.56 bits per heavy atom. The molecule has 1 fully saturated rings. The van der Waals surface area contributed by atoms with Crippen LogP contribution in [0.4, 0.5) is 4.79 Å².